The molecule has 0 aliphatic carbocycles. The molecule has 1 aromatic carbocycles. The molecule has 1 saturated heterocycles. The second kappa shape index (κ2) is 11.0. The maximum Gasteiger partial charge on any atom is 0.412 e. The van der Waals surface area contributed by atoms with Gasteiger partial charge in [0.05, 0.1) is 17.1 Å². The monoisotopic (exact) mass is 555 g/mol. The number of rotatable bonds is 5. The molecule has 204 valence electrons. The number of carbonyl (C=O) groups is 2. The molecule has 1 aliphatic heterocycles. The number of ether oxygens (including phenoxy) is 1. The van der Waals surface area contributed by atoms with Gasteiger partial charge in [0.1, 0.15) is 10.6 Å². The van der Waals surface area contributed by atoms with Gasteiger partial charge in [-0.25, -0.2) is 9.78 Å². The van der Waals surface area contributed by atoms with Crippen LogP contribution >= 0.6 is 22.7 Å². The number of aryl methyl sites for hydroxylation is 1. The normalized spacial score (nSPS) is 14.9. The van der Waals surface area contributed by atoms with Gasteiger partial charge in [-0.15, -0.1) is 11.3 Å². The van der Waals surface area contributed by atoms with Crippen molar-refractivity contribution in [2.75, 3.05) is 41.7 Å². The molecule has 0 bridgehead atoms. The number of carbonyl (C=O) groups excluding carboxylic acids is 2. The molecular formula is C28H37N5O3S2. The van der Waals surface area contributed by atoms with Crippen LogP contribution in [0.5, 0.6) is 0 Å². The molecule has 1 aliphatic rings. The number of piperazine rings is 1. The van der Waals surface area contributed by atoms with Crippen LogP contribution in [0.2, 0.25) is 0 Å². The van der Waals surface area contributed by atoms with Crippen molar-refractivity contribution in [1.29, 1.82) is 0 Å². The smallest absolute Gasteiger partial charge is 0.412 e. The van der Waals surface area contributed by atoms with E-state index in [0.29, 0.717) is 16.4 Å². The van der Waals surface area contributed by atoms with Crippen molar-refractivity contribution in [2.24, 2.45) is 0 Å². The third-order valence-electron chi connectivity index (χ3n) is 6.19. The SMILES string of the molecule is Cc1nc(C(=O)Nc2cc(-c3cccs3)ccc2NC(=O)OC(C)(C)C)sc1N1CCN(C(C)(C)C)CC1. The molecule has 1 fully saturated rings. The summed E-state index contributed by atoms with van der Waals surface area (Å²) in [6.07, 6.45) is -0.585. The summed E-state index contributed by atoms with van der Waals surface area (Å²) < 4.78 is 5.42. The average molecular weight is 556 g/mol. The lowest BCUT2D eigenvalue weighted by Gasteiger charge is -2.42. The van der Waals surface area contributed by atoms with Gasteiger partial charge in [-0.05, 0) is 77.6 Å². The van der Waals surface area contributed by atoms with Gasteiger partial charge in [-0.1, -0.05) is 23.5 Å². The maximum absolute atomic E-state index is 13.4. The number of hydrogen-bond acceptors (Lipinski definition) is 8. The quantitative estimate of drug-likeness (QED) is 0.364. The summed E-state index contributed by atoms with van der Waals surface area (Å²) in [6.45, 7) is 17.8. The zero-order valence-corrected chi connectivity index (χ0v) is 24.8. The van der Waals surface area contributed by atoms with E-state index >= 15 is 0 Å². The highest BCUT2D eigenvalue weighted by atomic mass is 32.1. The zero-order valence-electron chi connectivity index (χ0n) is 23.2. The van der Waals surface area contributed by atoms with Crippen LogP contribution in [-0.4, -0.2) is 59.2 Å². The number of anilines is 3. The maximum atomic E-state index is 13.4. The Bertz CT molecular complexity index is 1280. The summed E-state index contributed by atoms with van der Waals surface area (Å²) >= 11 is 3.01. The summed E-state index contributed by atoms with van der Waals surface area (Å²) in [5.74, 6) is -0.312. The first-order chi connectivity index (χ1) is 17.8. The van der Waals surface area contributed by atoms with Gasteiger partial charge < -0.3 is 15.0 Å². The van der Waals surface area contributed by atoms with E-state index in [4.69, 9.17) is 4.74 Å². The molecule has 38 heavy (non-hydrogen) atoms. The summed E-state index contributed by atoms with van der Waals surface area (Å²) in [5, 5.41) is 9.18. The third-order valence-corrected chi connectivity index (χ3v) is 8.33. The average Bonchev–Trinajstić information content (AvgIpc) is 3.49. The molecule has 3 aromatic rings. The number of aromatic nitrogens is 1. The molecule has 3 heterocycles. The topological polar surface area (TPSA) is 86.8 Å². The lowest BCUT2D eigenvalue weighted by atomic mass is 10.1. The van der Waals surface area contributed by atoms with E-state index < -0.39 is 11.7 Å². The van der Waals surface area contributed by atoms with Crippen molar-refractivity contribution in [3.63, 3.8) is 0 Å². The van der Waals surface area contributed by atoms with Crippen LogP contribution in [0, 0.1) is 6.92 Å². The molecule has 2 N–H and O–H groups in total. The van der Waals surface area contributed by atoms with Gasteiger partial charge in [-0.3, -0.25) is 15.0 Å². The minimum absolute atomic E-state index is 0.141. The Kier molecular flexibility index (Phi) is 8.15. The minimum atomic E-state index is -0.641. The van der Waals surface area contributed by atoms with E-state index in [0.717, 1.165) is 47.3 Å². The van der Waals surface area contributed by atoms with E-state index in [9.17, 15) is 9.59 Å². The second-order valence-electron chi connectivity index (χ2n) is 11.4. The highest BCUT2D eigenvalue weighted by Crippen LogP contribution is 2.34. The van der Waals surface area contributed by atoms with Crippen LogP contribution in [0.1, 0.15) is 57.0 Å². The predicted molar refractivity (Wildman–Crippen MR) is 158 cm³/mol. The van der Waals surface area contributed by atoms with Crippen molar-refractivity contribution in [1.82, 2.24) is 9.88 Å². The first-order valence-corrected chi connectivity index (χ1v) is 14.5. The molecule has 0 radical (unpaired) electrons. The molecule has 8 nitrogen and oxygen atoms in total. The fraction of sp³-hybridized carbons (Fsp3) is 0.464. The summed E-state index contributed by atoms with van der Waals surface area (Å²) in [6, 6.07) is 9.55. The Labute approximate surface area is 233 Å². The highest BCUT2D eigenvalue weighted by Gasteiger charge is 2.28. The van der Waals surface area contributed by atoms with Crippen LogP contribution < -0.4 is 15.5 Å². The van der Waals surface area contributed by atoms with E-state index in [2.05, 4.69) is 46.2 Å². The second-order valence-corrected chi connectivity index (χ2v) is 13.3. The molecular weight excluding hydrogens is 518 g/mol. The largest absolute Gasteiger partial charge is 0.444 e. The molecule has 0 unspecified atom stereocenters. The molecule has 4 rings (SSSR count). The van der Waals surface area contributed by atoms with Crippen LogP contribution in [0.4, 0.5) is 21.2 Å². The third kappa shape index (κ3) is 6.92. The van der Waals surface area contributed by atoms with Gasteiger partial charge in [0, 0.05) is 36.6 Å². The van der Waals surface area contributed by atoms with Crippen LogP contribution in [0.3, 0.4) is 0 Å². The van der Waals surface area contributed by atoms with Crippen LogP contribution in [0.15, 0.2) is 35.7 Å². The standard InChI is InChI=1S/C28H37N5O3S2/c1-18-25(32-12-14-33(15-13-32)27(2,3)4)38-24(29-18)23(34)30-21-17-19(22-9-8-16-37-22)10-11-20(21)31-26(35)36-28(5,6)7/h8-11,16-17H,12-15H2,1-7H3,(H,30,34)(H,31,35). The lowest BCUT2D eigenvalue weighted by Crippen LogP contribution is -2.53. The van der Waals surface area contributed by atoms with Gasteiger partial charge in [-0.2, -0.15) is 0 Å². The highest BCUT2D eigenvalue weighted by molar-refractivity contribution is 7.17. The number of thiazole rings is 1. The summed E-state index contributed by atoms with van der Waals surface area (Å²) in [4.78, 5) is 36.3. The van der Waals surface area contributed by atoms with Crippen molar-refractivity contribution >= 4 is 51.0 Å². The van der Waals surface area contributed by atoms with E-state index in [1.807, 2.05) is 36.6 Å². The fourth-order valence-corrected chi connectivity index (χ4v) is 6.04. The molecule has 0 spiro atoms. The summed E-state index contributed by atoms with van der Waals surface area (Å²) in [5.41, 5.74) is 2.24. The zero-order chi connectivity index (χ0) is 27.7. The molecule has 0 atom stereocenters. The molecule has 0 saturated carbocycles. The summed E-state index contributed by atoms with van der Waals surface area (Å²) in [7, 11) is 0. The first-order valence-electron chi connectivity index (χ1n) is 12.8. The Morgan fingerprint density at radius 1 is 0.974 bits per heavy atom. The van der Waals surface area contributed by atoms with E-state index in [1.54, 1.807) is 38.2 Å². The molecule has 2 amide bonds. The van der Waals surface area contributed by atoms with E-state index in [-0.39, 0.29) is 11.4 Å². The van der Waals surface area contributed by atoms with Crippen molar-refractivity contribution in [3.8, 4) is 10.4 Å². The number of hydrogen-bond donors (Lipinski definition) is 2. The molecule has 2 aromatic heterocycles. The Morgan fingerprint density at radius 3 is 2.29 bits per heavy atom. The lowest BCUT2D eigenvalue weighted by molar-refractivity contribution is 0.0635. The Morgan fingerprint density at radius 2 is 1.68 bits per heavy atom. The number of benzene rings is 1. The number of amides is 2. The number of thiophene rings is 1. The van der Waals surface area contributed by atoms with E-state index in [1.165, 1.54) is 11.3 Å². The van der Waals surface area contributed by atoms with Gasteiger partial charge in [0.2, 0.25) is 0 Å². The van der Waals surface area contributed by atoms with Crippen molar-refractivity contribution in [2.45, 2.75) is 59.6 Å². The number of nitrogens with zero attached hydrogens (tertiary/aromatic N) is 3. The van der Waals surface area contributed by atoms with Gasteiger partial charge in [0.15, 0.2) is 5.01 Å². The predicted octanol–water partition coefficient (Wildman–Crippen LogP) is 6.70. The van der Waals surface area contributed by atoms with Crippen molar-refractivity contribution in [3.05, 3.63) is 46.4 Å². The Hall–Kier alpha value is -2.95. The van der Waals surface area contributed by atoms with Crippen LogP contribution in [0.25, 0.3) is 10.4 Å². The fourth-order valence-electron chi connectivity index (χ4n) is 4.30. The van der Waals surface area contributed by atoms with Crippen LogP contribution in [-0.2, 0) is 4.74 Å². The first kappa shape index (κ1) is 28.1. The molecule has 10 heteroatoms. The van der Waals surface area contributed by atoms with Gasteiger partial charge in [0.25, 0.3) is 5.91 Å². The minimum Gasteiger partial charge on any atom is -0.444 e. The van der Waals surface area contributed by atoms with Gasteiger partial charge >= 0.3 is 6.09 Å². The Balaban J connectivity index is 1.54. The number of nitrogens with one attached hydrogen (secondary N) is 2. The van der Waals surface area contributed by atoms with Crippen molar-refractivity contribution < 1.29 is 14.3 Å².